The lowest BCUT2D eigenvalue weighted by molar-refractivity contribution is 0.418. The second-order valence-corrected chi connectivity index (χ2v) is 6.35. The molecule has 1 aliphatic heterocycles. The number of hydrogen-bond donors (Lipinski definition) is 1. The van der Waals surface area contributed by atoms with Crippen LogP contribution in [0.2, 0.25) is 0 Å². The average molecular weight is 258 g/mol. The Bertz CT molecular complexity index is 467. The number of rotatable bonds is 5. The van der Waals surface area contributed by atoms with Gasteiger partial charge in [-0.2, -0.15) is 0 Å². The van der Waals surface area contributed by atoms with Crippen LogP contribution in [0.5, 0.6) is 0 Å². The van der Waals surface area contributed by atoms with Gasteiger partial charge in [-0.3, -0.25) is 0 Å². The lowest BCUT2D eigenvalue weighted by Gasteiger charge is -2.13. The molecule has 2 rings (SSSR count). The Labute approximate surface area is 102 Å². The van der Waals surface area contributed by atoms with Gasteiger partial charge in [-0.1, -0.05) is 0 Å². The Hall–Kier alpha value is -0.850. The zero-order valence-electron chi connectivity index (χ0n) is 9.98. The molecule has 0 bridgehead atoms. The SMILES string of the molecule is Cc1ccc(CNCCN2CCCS2(=O)=O)o1. The lowest BCUT2D eigenvalue weighted by Crippen LogP contribution is -2.33. The molecule has 1 saturated heterocycles. The van der Waals surface area contributed by atoms with Gasteiger partial charge in [-0.05, 0) is 25.5 Å². The Morgan fingerprint density at radius 3 is 2.88 bits per heavy atom. The van der Waals surface area contributed by atoms with Gasteiger partial charge in [0, 0.05) is 19.6 Å². The number of furan rings is 1. The Balaban J connectivity index is 1.70. The fraction of sp³-hybridized carbons (Fsp3) is 0.636. The molecule has 1 aliphatic rings. The molecule has 0 atom stereocenters. The maximum Gasteiger partial charge on any atom is 0.214 e. The van der Waals surface area contributed by atoms with Crippen LogP contribution in [0, 0.1) is 6.92 Å². The predicted molar refractivity (Wildman–Crippen MR) is 65.1 cm³/mol. The summed E-state index contributed by atoms with van der Waals surface area (Å²) in [6.45, 7) is 4.40. The number of nitrogens with one attached hydrogen (secondary N) is 1. The van der Waals surface area contributed by atoms with Gasteiger partial charge in [0.2, 0.25) is 10.0 Å². The number of sulfonamides is 1. The summed E-state index contributed by atoms with van der Waals surface area (Å²) in [6.07, 6.45) is 0.750. The second-order valence-electron chi connectivity index (χ2n) is 4.26. The molecular formula is C11H18N2O3S. The van der Waals surface area contributed by atoms with Crippen molar-refractivity contribution in [2.75, 3.05) is 25.4 Å². The highest BCUT2D eigenvalue weighted by Crippen LogP contribution is 2.12. The van der Waals surface area contributed by atoms with Crippen molar-refractivity contribution in [1.29, 1.82) is 0 Å². The van der Waals surface area contributed by atoms with Gasteiger partial charge in [0.25, 0.3) is 0 Å². The van der Waals surface area contributed by atoms with Crippen molar-refractivity contribution >= 4 is 10.0 Å². The summed E-state index contributed by atoms with van der Waals surface area (Å²) < 4.78 is 30.0. The van der Waals surface area contributed by atoms with E-state index in [1.54, 1.807) is 4.31 Å². The van der Waals surface area contributed by atoms with Crippen LogP contribution >= 0.6 is 0 Å². The molecule has 96 valence electrons. The van der Waals surface area contributed by atoms with E-state index in [2.05, 4.69) is 5.32 Å². The van der Waals surface area contributed by atoms with Crippen LogP contribution in [0.3, 0.4) is 0 Å². The minimum absolute atomic E-state index is 0.296. The van der Waals surface area contributed by atoms with Crippen molar-refractivity contribution in [3.63, 3.8) is 0 Å². The van der Waals surface area contributed by atoms with E-state index in [1.807, 2.05) is 19.1 Å². The Morgan fingerprint density at radius 2 is 2.29 bits per heavy atom. The lowest BCUT2D eigenvalue weighted by atomic mass is 10.4. The summed E-state index contributed by atoms with van der Waals surface area (Å²) in [6, 6.07) is 3.84. The molecule has 17 heavy (non-hydrogen) atoms. The van der Waals surface area contributed by atoms with E-state index in [4.69, 9.17) is 4.42 Å². The molecule has 0 radical (unpaired) electrons. The number of aryl methyl sites for hydroxylation is 1. The molecule has 1 N–H and O–H groups in total. The molecule has 6 heteroatoms. The first-order valence-electron chi connectivity index (χ1n) is 5.82. The molecule has 0 spiro atoms. The van der Waals surface area contributed by atoms with Crippen molar-refractivity contribution in [3.8, 4) is 0 Å². The normalized spacial score (nSPS) is 19.8. The largest absolute Gasteiger partial charge is 0.465 e. The first kappa shape index (κ1) is 12.6. The van der Waals surface area contributed by atoms with Gasteiger partial charge in [0.05, 0.1) is 12.3 Å². The average Bonchev–Trinajstić information content (AvgIpc) is 2.80. The fourth-order valence-electron chi connectivity index (χ4n) is 1.94. The van der Waals surface area contributed by atoms with Gasteiger partial charge >= 0.3 is 0 Å². The smallest absolute Gasteiger partial charge is 0.214 e. The molecule has 0 unspecified atom stereocenters. The van der Waals surface area contributed by atoms with Crippen molar-refractivity contribution in [3.05, 3.63) is 23.7 Å². The second kappa shape index (κ2) is 5.20. The Kier molecular flexibility index (Phi) is 3.86. The van der Waals surface area contributed by atoms with Crippen molar-refractivity contribution in [2.45, 2.75) is 19.9 Å². The predicted octanol–water partition coefficient (Wildman–Crippen LogP) is 0.713. The molecule has 5 nitrogen and oxygen atoms in total. The molecule has 0 aliphatic carbocycles. The van der Waals surface area contributed by atoms with Crippen LogP contribution in [0.4, 0.5) is 0 Å². The van der Waals surface area contributed by atoms with Crippen LogP contribution in [0.15, 0.2) is 16.5 Å². The third kappa shape index (κ3) is 3.31. The van der Waals surface area contributed by atoms with Crippen molar-refractivity contribution in [2.24, 2.45) is 0 Å². The summed E-state index contributed by atoms with van der Waals surface area (Å²) >= 11 is 0. The highest BCUT2D eigenvalue weighted by atomic mass is 32.2. The fourth-order valence-corrected chi connectivity index (χ4v) is 3.47. The summed E-state index contributed by atoms with van der Waals surface area (Å²) in [5, 5.41) is 3.18. The van der Waals surface area contributed by atoms with Crippen molar-refractivity contribution < 1.29 is 12.8 Å². The minimum atomic E-state index is -2.96. The minimum Gasteiger partial charge on any atom is -0.465 e. The van der Waals surface area contributed by atoms with E-state index in [-0.39, 0.29) is 0 Å². The van der Waals surface area contributed by atoms with Gasteiger partial charge in [-0.25, -0.2) is 12.7 Å². The molecule has 0 amide bonds. The number of nitrogens with zero attached hydrogens (tertiary/aromatic N) is 1. The molecule has 1 aromatic heterocycles. The van der Waals surface area contributed by atoms with Gasteiger partial charge in [0.1, 0.15) is 11.5 Å². The maximum absolute atomic E-state index is 11.5. The third-order valence-electron chi connectivity index (χ3n) is 2.84. The first-order valence-corrected chi connectivity index (χ1v) is 7.43. The molecule has 2 heterocycles. The standard InChI is InChI=1S/C11H18N2O3S/c1-10-3-4-11(16-10)9-12-5-7-13-6-2-8-17(13,14)15/h3-4,12H,2,5-9H2,1H3. The zero-order chi connectivity index (χ0) is 12.3. The number of hydrogen-bond acceptors (Lipinski definition) is 4. The molecule has 0 saturated carbocycles. The van der Waals surface area contributed by atoms with Gasteiger partial charge in [0.15, 0.2) is 0 Å². The van der Waals surface area contributed by atoms with Crippen LogP contribution in [0.25, 0.3) is 0 Å². The van der Waals surface area contributed by atoms with Gasteiger partial charge in [-0.15, -0.1) is 0 Å². The van der Waals surface area contributed by atoms with E-state index >= 15 is 0 Å². The third-order valence-corrected chi connectivity index (χ3v) is 4.79. The van der Waals surface area contributed by atoms with E-state index < -0.39 is 10.0 Å². The topological polar surface area (TPSA) is 62.6 Å². The van der Waals surface area contributed by atoms with Crippen LogP contribution in [-0.2, 0) is 16.6 Å². The van der Waals surface area contributed by atoms with E-state index in [9.17, 15) is 8.42 Å². The monoisotopic (exact) mass is 258 g/mol. The Morgan fingerprint density at radius 1 is 1.47 bits per heavy atom. The quantitative estimate of drug-likeness (QED) is 0.790. The summed E-state index contributed by atoms with van der Waals surface area (Å²) in [5.41, 5.74) is 0. The molecular weight excluding hydrogens is 240 g/mol. The molecule has 1 aromatic rings. The van der Waals surface area contributed by atoms with E-state index in [0.717, 1.165) is 17.9 Å². The zero-order valence-corrected chi connectivity index (χ0v) is 10.8. The summed E-state index contributed by atoms with van der Waals surface area (Å²) in [4.78, 5) is 0. The summed E-state index contributed by atoms with van der Waals surface area (Å²) in [7, 11) is -2.96. The van der Waals surface area contributed by atoms with Crippen LogP contribution in [0.1, 0.15) is 17.9 Å². The van der Waals surface area contributed by atoms with Gasteiger partial charge < -0.3 is 9.73 Å². The van der Waals surface area contributed by atoms with E-state index in [1.165, 1.54) is 0 Å². The first-order chi connectivity index (χ1) is 8.08. The highest BCUT2D eigenvalue weighted by Gasteiger charge is 2.27. The summed E-state index contributed by atoms with van der Waals surface area (Å²) in [5.74, 6) is 2.07. The maximum atomic E-state index is 11.5. The van der Waals surface area contributed by atoms with Crippen LogP contribution in [-0.4, -0.2) is 38.1 Å². The van der Waals surface area contributed by atoms with E-state index in [0.29, 0.717) is 31.9 Å². The van der Waals surface area contributed by atoms with Crippen molar-refractivity contribution in [1.82, 2.24) is 9.62 Å². The molecule has 1 fully saturated rings. The van der Waals surface area contributed by atoms with Crippen LogP contribution < -0.4 is 5.32 Å². The highest BCUT2D eigenvalue weighted by molar-refractivity contribution is 7.89. The molecule has 0 aromatic carbocycles.